The molecule has 0 aliphatic rings. The Morgan fingerprint density at radius 2 is 2.21 bits per heavy atom. The molecule has 0 bridgehead atoms. The molecule has 1 N–H and O–H groups in total. The molecule has 0 amide bonds. The van der Waals surface area contributed by atoms with Gasteiger partial charge in [0.25, 0.3) is 0 Å². The van der Waals surface area contributed by atoms with Crippen molar-refractivity contribution in [1.29, 1.82) is 0 Å². The monoisotopic (exact) mass is 279 g/mol. The maximum absolute atomic E-state index is 11.8. The molecule has 0 spiro atoms. The Labute approximate surface area is 111 Å². The second-order valence-corrected chi connectivity index (χ2v) is 4.30. The van der Waals surface area contributed by atoms with Crippen molar-refractivity contribution >= 4 is 0 Å². The summed E-state index contributed by atoms with van der Waals surface area (Å²) in [5.74, 6) is 0. The van der Waals surface area contributed by atoms with Crippen LogP contribution in [0, 0.1) is 0 Å². The minimum absolute atomic E-state index is 0.0983. The summed E-state index contributed by atoms with van der Waals surface area (Å²) in [6.45, 7) is 3.28. The molecule has 1 aromatic rings. The summed E-state index contributed by atoms with van der Waals surface area (Å²) in [4.78, 5) is 4.21. The van der Waals surface area contributed by atoms with Gasteiger partial charge in [-0.3, -0.25) is 0 Å². The molecule has 1 aromatic heterocycles. The van der Waals surface area contributed by atoms with E-state index in [0.717, 1.165) is 18.7 Å². The fraction of sp³-hybridized carbons (Fsp3) is 0.750. The topological polar surface area (TPSA) is 39.1 Å². The summed E-state index contributed by atoms with van der Waals surface area (Å²) in [6.07, 6.45) is 0.942. The summed E-state index contributed by atoms with van der Waals surface area (Å²) < 4.78 is 41.8. The number of aromatic nitrogens is 2. The third-order valence-corrected chi connectivity index (χ3v) is 2.39. The molecule has 0 saturated carbocycles. The largest absolute Gasteiger partial charge is 0.411 e. The normalized spacial score (nSPS) is 12.0. The molecule has 0 unspecified atom stereocenters. The van der Waals surface area contributed by atoms with Crippen LogP contribution in [0.3, 0.4) is 0 Å². The number of nitrogens with one attached hydrogen (secondary N) is 1. The zero-order valence-corrected chi connectivity index (χ0v) is 11.0. The lowest BCUT2D eigenvalue weighted by atomic mass is 10.4. The van der Waals surface area contributed by atoms with Gasteiger partial charge in [0, 0.05) is 25.9 Å². The third-order valence-electron chi connectivity index (χ3n) is 2.39. The van der Waals surface area contributed by atoms with Crippen LogP contribution < -0.4 is 5.32 Å². The van der Waals surface area contributed by atoms with E-state index in [4.69, 9.17) is 0 Å². The van der Waals surface area contributed by atoms with Gasteiger partial charge in [-0.2, -0.15) is 13.2 Å². The number of ether oxygens (including phenoxy) is 1. The number of hydrogen-bond donors (Lipinski definition) is 1. The number of hydrogen-bond acceptors (Lipinski definition) is 3. The van der Waals surface area contributed by atoms with E-state index in [-0.39, 0.29) is 6.61 Å². The number of imidazole rings is 1. The number of rotatable bonds is 9. The van der Waals surface area contributed by atoms with Gasteiger partial charge in [-0.25, -0.2) is 4.98 Å². The first-order valence-corrected chi connectivity index (χ1v) is 6.37. The van der Waals surface area contributed by atoms with E-state index in [0.29, 0.717) is 19.5 Å². The Morgan fingerprint density at radius 1 is 1.42 bits per heavy atom. The van der Waals surface area contributed by atoms with E-state index in [1.165, 1.54) is 0 Å². The molecule has 4 nitrogen and oxygen atoms in total. The number of nitrogens with zero attached hydrogens (tertiary/aromatic N) is 2. The fourth-order valence-corrected chi connectivity index (χ4v) is 1.55. The Kier molecular flexibility index (Phi) is 6.86. The number of halogens is 3. The molecular weight excluding hydrogens is 259 g/mol. The van der Waals surface area contributed by atoms with Gasteiger partial charge in [-0.15, -0.1) is 0 Å². The fourth-order valence-electron chi connectivity index (χ4n) is 1.55. The molecular formula is C12H20F3N3O. The number of aryl methyl sites for hydroxylation is 1. The molecule has 1 rings (SSSR count). The summed E-state index contributed by atoms with van der Waals surface area (Å²) >= 11 is 0. The van der Waals surface area contributed by atoms with Crippen molar-refractivity contribution in [3.05, 3.63) is 18.2 Å². The van der Waals surface area contributed by atoms with Crippen LogP contribution in [0.2, 0.25) is 0 Å². The molecule has 0 atom stereocenters. The van der Waals surface area contributed by atoms with E-state index in [1.54, 1.807) is 6.33 Å². The first-order chi connectivity index (χ1) is 9.01. The summed E-state index contributed by atoms with van der Waals surface area (Å²) in [5.41, 5.74) is 0.935. The Morgan fingerprint density at radius 3 is 2.89 bits per heavy atom. The highest BCUT2D eigenvalue weighted by Crippen LogP contribution is 2.14. The van der Waals surface area contributed by atoms with Crippen LogP contribution in [0.25, 0.3) is 0 Å². The minimum atomic E-state index is -4.24. The van der Waals surface area contributed by atoms with Crippen molar-refractivity contribution in [1.82, 2.24) is 14.9 Å². The smallest absolute Gasteiger partial charge is 0.372 e. The van der Waals surface area contributed by atoms with Crippen LogP contribution in [0.5, 0.6) is 0 Å². The molecule has 0 aliphatic carbocycles. The Bertz CT molecular complexity index is 352. The van der Waals surface area contributed by atoms with E-state index >= 15 is 0 Å². The first kappa shape index (κ1) is 16.0. The molecule has 0 fully saturated rings. The van der Waals surface area contributed by atoms with Crippen molar-refractivity contribution in [3.63, 3.8) is 0 Å². The molecule has 0 aliphatic heterocycles. The zero-order valence-electron chi connectivity index (χ0n) is 11.0. The van der Waals surface area contributed by atoms with Gasteiger partial charge in [0.05, 0.1) is 12.0 Å². The van der Waals surface area contributed by atoms with Gasteiger partial charge in [-0.1, -0.05) is 6.92 Å². The van der Waals surface area contributed by atoms with Gasteiger partial charge in [0.1, 0.15) is 6.61 Å². The lowest BCUT2D eigenvalue weighted by molar-refractivity contribution is -0.174. The second-order valence-electron chi connectivity index (χ2n) is 4.30. The highest BCUT2D eigenvalue weighted by molar-refractivity contribution is 4.95. The van der Waals surface area contributed by atoms with Gasteiger partial charge in [0.2, 0.25) is 0 Å². The van der Waals surface area contributed by atoms with Crippen LogP contribution in [0.4, 0.5) is 13.2 Å². The highest BCUT2D eigenvalue weighted by atomic mass is 19.4. The molecule has 0 radical (unpaired) electrons. The average Bonchev–Trinajstić information content (AvgIpc) is 2.75. The van der Waals surface area contributed by atoms with Crippen molar-refractivity contribution in [3.8, 4) is 0 Å². The predicted octanol–water partition coefficient (Wildman–Crippen LogP) is 2.35. The lowest BCUT2D eigenvalue weighted by Crippen LogP contribution is -2.17. The van der Waals surface area contributed by atoms with E-state index in [1.807, 2.05) is 10.8 Å². The summed E-state index contributed by atoms with van der Waals surface area (Å²) in [6, 6.07) is 0. The summed E-state index contributed by atoms with van der Waals surface area (Å²) in [5, 5.41) is 3.23. The molecule has 7 heteroatoms. The quantitative estimate of drug-likeness (QED) is 0.705. The van der Waals surface area contributed by atoms with Crippen LogP contribution >= 0.6 is 0 Å². The Hall–Kier alpha value is -1.08. The summed E-state index contributed by atoms with van der Waals surface area (Å²) in [7, 11) is 0. The maximum Gasteiger partial charge on any atom is 0.411 e. The van der Waals surface area contributed by atoms with Crippen LogP contribution in [-0.2, 0) is 17.8 Å². The minimum Gasteiger partial charge on any atom is -0.372 e. The van der Waals surface area contributed by atoms with Crippen molar-refractivity contribution in [2.45, 2.75) is 39.0 Å². The standard InChI is InChI=1S/C12H20F3N3O/c1-2-4-16-7-11-8-18(10-17-11)5-3-6-19-9-12(13,14)15/h8,10,16H,2-7,9H2,1H3. The average molecular weight is 279 g/mol. The zero-order chi connectivity index (χ0) is 14.1. The van der Waals surface area contributed by atoms with Crippen molar-refractivity contribution < 1.29 is 17.9 Å². The van der Waals surface area contributed by atoms with Crippen molar-refractivity contribution in [2.75, 3.05) is 19.8 Å². The molecule has 19 heavy (non-hydrogen) atoms. The van der Waals surface area contributed by atoms with Gasteiger partial charge in [-0.05, 0) is 19.4 Å². The maximum atomic E-state index is 11.8. The van der Waals surface area contributed by atoms with Gasteiger partial charge < -0.3 is 14.6 Å². The Balaban J connectivity index is 2.12. The third kappa shape index (κ3) is 7.84. The van der Waals surface area contributed by atoms with Crippen LogP contribution in [0.15, 0.2) is 12.5 Å². The van der Waals surface area contributed by atoms with E-state index in [2.05, 4.69) is 22.0 Å². The van der Waals surface area contributed by atoms with Crippen LogP contribution in [-0.4, -0.2) is 35.5 Å². The van der Waals surface area contributed by atoms with Gasteiger partial charge >= 0.3 is 6.18 Å². The lowest BCUT2D eigenvalue weighted by Gasteiger charge is -2.07. The molecule has 0 aromatic carbocycles. The highest BCUT2D eigenvalue weighted by Gasteiger charge is 2.27. The SMILES string of the molecule is CCCNCc1cn(CCCOCC(F)(F)F)cn1. The van der Waals surface area contributed by atoms with Crippen molar-refractivity contribution in [2.24, 2.45) is 0 Å². The second kappa shape index (κ2) is 8.16. The van der Waals surface area contributed by atoms with Crippen LogP contribution in [0.1, 0.15) is 25.5 Å². The first-order valence-electron chi connectivity index (χ1n) is 6.37. The molecule has 0 saturated heterocycles. The van der Waals surface area contributed by atoms with E-state index < -0.39 is 12.8 Å². The molecule has 1 heterocycles. The predicted molar refractivity (Wildman–Crippen MR) is 65.7 cm³/mol. The van der Waals surface area contributed by atoms with Gasteiger partial charge in [0.15, 0.2) is 0 Å². The number of alkyl halides is 3. The van der Waals surface area contributed by atoms with E-state index in [9.17, 15) is 13.2 Å². The molecule has 110 valence electrons.